The van der Waals surface area contributed by atoms with E-state index in [1.165, 1.54) is 11.1 Å². The maximum Gasteiger partial charge on any atom is 0.107 e. The first-order valence-corrected chi connectivity index (χ1v) is 7.54. The average molecular weight is 273 g/mol. The quantitative estimate of drug-likeness (QED) is 0.903. The fourth-order valence-electron chi connectivity index (χ4n) is 3.40. The Kier molecular flexibility index (Phi) is 3.01. The largest absolute Gasteiger partial charge is 0.384 e. The van der Waals surface area contributed by atoms with Gasteiger partial charge in [0.2, 0.25) is 0 Å². The summed E-state index contributed by atoms with van der Waals surface area (Å²) in [6.07, 6.45) is 1.91. The molecule has 1 aromatic carbocycles. The van der Waals surface area contributed by atoms with Crippen molar-refractivity contribution < 1.29 is 5.11 Å². The molecule has 1 heterocycles. The van der Waals surface area contributed by atoms with Crippen LogP contribution in [0.4, 0.5) is 0 Å². The van der Waals surface area contributed by atoms with Crippen LogP contribution in [0, 0.1) is 0 Å². The highest BCUT2D eigenvalue weighted by Crippen LogP contribution is 2.50. The van der Waals surface area contributed by atoms with Crippen LogP contribution in [0.5, 0.6) is 0 Å². The third kappa shape index (κ3) is 1.69. The van der Waals surface area contributed by atoms with Gasteiger partial charge in [-0.3, -0.25) is 0 Å². The summed E-state index contributed by atoms with van der Waals surface area (Å²) in [4.78, 5) is 0.995. The second kappa shape index (κ2) is 4.44. The maximum atomic E-state index is 11.2. The number of thiophene rings is 1. The number of hydrogen-bond acceptors (Lipinski definition) is 3. The van der Waals surface area contributed by atoms with Gasteiger partial charge in [-0.2, -0.15) is 0 Å². The second-order valence-electron chi connectivity index (χ2n) is 5.49. The first-order valence-electron chi connectivity index (χ1n) is 6.67. The average Bonchev–Trinajstić information content (AvgIpc) is 3.07. The van der Waals surface area contributed by atoms with E-state index >= 15 is 0 Å². The van der Waals surface area contributed by atoms with E-state index in [1.54, 1.807) is 11.3 Å². The SMILES string of the molecule is CC(O)(c1cccs1)C1(CN)CCc2ccccc21. The lowest BCUT2D eigenvalue weighted by molar-refractivity contribution is -0.0227. The Hall–Kier alpha value is -1.16. The van der Waals surface area contributed by atoms with Gasteiger partial charge in [0.05, 0.1) is 0 Å². The Balaban J connectivity index is 2.16. The molecule has 0 amide bonds. The number of fused-ring (bicyclic) bond motifs is 1. The van der Waals surface area contributed by atoms with E-state index in [0.29, 0.717) is 6.54 Å². The van der Waals surface area contributed by atoms with Crippen molar-refractivity contribution in [3.05, 3.63) is 57.8 Å². The fourth-order valence-corrected chi connectivity index (χ4v) is 4.28. The van der Waals surface area contributed by atoms with Gasteiger partial charge in [-0.15, -0.1) is 11.3 Å². The van der Waals surface area contributed by atoms with Crippen molar-refractivity contribution in [2.45, 2.75) is 30.8 Å². The van der Waals surface area contributed by atoms with Crippen LogP contribution in [-0.4, -0.2) is 11.7 Å². The highest BCUT2D eigenvalue weighted by Gasteiger charge is 2.52. The van der Waals surface area contributed by atoms with E-state index < -0.39 is 5.60 Å². The molecule has 0 spiro atoms. The third-order valence-corrected chi connectivity index (χ3v) is 5.72. The molecule has 2 atom stereocenters. The zero-order valence-electron chi connectivity index (χ0n) is 11.1. The normalized spacial score (nSPS) is 25.0. The predicted molar refractivity (Wildman–Crippen MR) is 79.4 cm³/mol. The van der Waals surface area contributed by atoms with E-state index in [1.807, 2.05) is 30.5 Å². The Morgan fingerprint density at radius 3 is 2.79 bits per heavy atom. The van der Waals surface area contributed by atoms with Crippen LogP contribution in [0.25, 0.3) is 0 Å². The summed E-state index contributed by atoms with van der Waals surface area (Å²) in [6.45, 7) is 2.38. The lowest BCUT2D eigenvalue weighted by Crippen LogP contribution is -2.50. The molecule has 3 heteroatoms. The molecule has 1 aliphatic carbocycles. The molecule has 1 aliphatic rings. The zero-order chi connectivity index (χ0) is 13.5. The highest BCUT2D eigenvalue weighted by molar-refractivity contribution is 7.10. The molecule has 2 unspecified atom stereocenters. The van der Waals surface area contributed by atoms with Crippen LogP contribution < -0.4 is 5.73 Å². The number of nitrogens with two attached hydrogens (primary N) is 1. The molecule has 2 nitrogen and oxygen atoms in total. The Morgan fingerprint density at radius 1 is 1.32 bits per heavy atom. The molecule has 0 radical (unpaired) electrons. The lowest BCUT2D eigenvalue weighted by Gasteiger charge is -2.42. The van der Waals surface area contributed by atoms with Gasteiger partial charge >= 0.3 is 0 Å². The third-order valence-electron chi connectivity index (χ3n) is 4.64. The summed E-state index contributed by atoms with van der Waals surface area (Å²) in [5, 5.41) is 13.2. The van der Waals surface area contributed by atoms with Gasteiger partial charge in [-0.05, 0) is 42.3 Å². The number of aliphatic hydroxyl groups is 1. The molecular weight excluding hydrogens is 254 g/mol. The Morgan fingerprint density at radius 2 is 2.11 bits per heavy atom. The van der Waals surface area contributed by atoms with Crippen LogP contribution in [0.2, 0.25) is 0 Å². The zero-order valence-corrected chi connectivity index (χ0v) is 11.9. The van der Waals surface area contributed by atoms with Crippen LogP contribution in [-0.2, 0) is 17.4 Å². The van der Waals surface area contributed by atoms with E-state index in [0.717, 1.165) is 17.7 Å². The van der Waals surface area contributed by atoms with Gasteiger partial charge in [0.15, 0.2) is 0 Å². The molecule has 0 saturated heterocycles. The van der Waals surface area contributed by atoms with Gasteiger partial charge < -0.3 is 10.8 Å². The van der Waals surface area contributed by atoms with Gasteiger partial charge in [-0.25, -0.2) is 0 Å². The van der Waals surface area contributed by atoms with Crippen molar-refractivity contribution >= 4 is 11.3 Å². The van der Waals surface area contributed by atoms with Crippen LogP contribution in [0.1, 0.15) is 29.3 Å². The minimum absolute atomic E-state index is 0.367. The van der Waals surface area contributed by atoms with Crippen molar-refractivity contribution in [2.24, 2.45) is 5.73 Å². The van der Waals surface area contributed by atoms with E-state index in [2.05, 4.69) is 18.2 Å². The summed E-state index contributed by atoms with van der Waals surface area (Å²) in [7, 11) is 0. The Labute approximate surface area is 117 Å². The van der Waals surface area contributed by atoms with E-state index in [4.69, 9.17) is 5.73 Å². The lowest BCUT2D eigenvalue weighted by atomic mass is 9.68. The number of hydrogen-bond donors (Lipinski definition) is 2. The van der Waals surface area contributed by atoms with Crippen LogP contribution >= 0.6 is 11.3 Å². The molecule has 3 N–H and O–H groups in total. The molecule has 0 bridgehead atoms. The predicted octanol–water partition coefficient (Wildman–Crippen LogP) is 2.80. The fraction of sp³-hybridized carbons (Fsp3) is 0.375. The monoisotopic (exact) mass is 273 g/mol. The Bertz CT molecular complexity index is 576. The molecule has 19 heavy (non-hydrogen) atoms. The van der Waals surface area contributed by atoms with Crippen molar-refractivity contribution in [1.82, 2.24) is 0 Å². The first-order chi connectivity index (χ1) is 9.12. The number of benzene rings is 1. The molecule has 0 aliphatic heterocycles. The van der Waals surface area contributed by atoms with Gasteiger partial charge in [0.25, 0.3) is 0 Å². The first kappa shape index (κ1) is 12.9. The summed E-state index contributed by atoms with van der Waals surface area (Å²) < 4.78 is 0. The minimum Gasteiger partial charge on any atom is -0.384 e. The number of rotatable bonds is 3. The molecular formula is C16H19NOS. The summed E-state index contributed by atoms with van der Waals surface area (Å²) in [5.74, 6) is 0. The minimum atomic E-state index is -0.914. The topological polar surface area (TPSA) is 46.2 Å². The molecule has 3 rings (SSSR count). The van der Waals surface area contributed by atoms with E-state index in [-0.39, 0.29) is 5.41 Å². The molecule has 0 fully saturated rings. The highest BCUT2D eigenvalue weighted by atomic mass is 32.1. The number of aryl methyl sites for hydroxylation is 1. The van der Waals surface area contributed by atoms with Gasteiger partial charge in [-0.1, -0.05) is 30.3 Å². The summed E-state index contributed by atoms with van der Waals surface area (Å²) in [5.41, 5.74) is 7.38. The molecule has 2 aromatic rings. The maximum absolute atomic E-state index is 11.2. The van der Waals surface area contributed by atoms with Crippen molar-refractivity contribution in [3.63, 3.8) is 0 Å². The van der Waals surface area contributed by atoms with Crippen LogP contribution in [0.15, 0.2) is 41.8 Å². The van der Waals surface area contributed by atoms with Crippen molar-refractivity contribution in [3.8, 4) is 0 Å². The second-order valence-corrected chi connectivity index (χ2v) is 6.44. The van der Waals surface area contributed by atoms with Crippen molar-refractivity contribution in [2.75, 3.05) is 6.54 Å². The van der Waals surface area contributed by atoms with Gasteiger partial charge in [0, 0.05) is 16.8 Å². The molecule has 100 valence electrons. The standard InChI is InChI=1S/C16H19NOS/c1-15(18,14-7-4-10-19-14)16(11-17)9-8-12-5-2-3-6-13(12)16/h2-7,10,18H,8-9,11,17H2,1H3. The molecule has 0 saturated carbocycles. The summed E-state index contributed by atoms with van der Waals surface area (Å²) in [6, 6.07) is 12.4. The van der Waals surface area contributed by atoms with Gasteiger partial charge in [0.1, 0.15) is 5.60 Å². The van der Waals surface area contributed by atoms with E-state index in [9.17, 15) is 5.11 Å². The molecule has 1 aromatic heterocycles. The summed E-state index contributed by atoms with van der Waals surface area (Å²) >= 11 is 1.60. The smallest absolute Gasteiger partial charge is 0.107 e. The van der Waals surface area contributed by atoms with Crippen molar-refractivity contribution in [1.29, 1.82) is 0 Å². The van der Waals surface area contributed by atoms with Crippen LogP contribution in [0.3, 0.4) is 0 Å².